The lowest BCUT2D eigenvalue weighted by Crippen LogP contribution is -2.33. The molecule has 1 unspecified atom stereocenters. The van der Waals surface area contributed by atoms with Crippen LogP contribution in [0.25, 0.3) is 0 Å². The van der Waals surface area contributed by atoms with E-state index in [-0.39, 0.29) is 11.9 Å². The highest BCUT2D eigenvalue weighted by Crippen LogP contribution is 2.32. The number of likely N-dealkylation sites (tertiary alicyclic amines) is 1. The van der Waals surface area contributed by atoms with Gasteiger partial charge in [0.1, 0.15) is 0 Å². The van der Waals surface area contributed by atoms with Crippen molar-refractivity contribution in [2.75, 3.05) is 25.5 Å². The second-order valence-corrected chi connectivity index (χ2v) is 5.90. The SMILES string of the molecule is CCn1ccnc1C(=O)N1CCCC1c1ccc(N(C)C)nn1. The highest BCUT2D eigenvalue weighted by atomic mass is 16.2. The lowest BCUT2D eigenvalue weighted by molar-refractivity contribution is 0.0715. The number of nitrogens with zero attached hydrogens (tertiary/aromatic N) is 6. The number of carbonyl (C=O) groups is 1. The number of hydrogen-bond donors (Lipinski definition) is 0. The number of imidazole rings is 1. The number of carbonyl (C=O) groups excluding carboxylic acids is 1. The van der Waals surface area contributed by atoms with E-state index in [9.17, 15) is 4.79 Å². The van der Waals surface area contributed by atoms with Gasteiger partial charge < -0.3 is 14.4 Å². The molecule has 0 spiro atoms. The zero-order valence-corrected chi connectivity index (χ0v) is 13.8. The number of aryl methyl sites for hydroxylation is 1. The third-order valence-electron chi connectivity index (χ3n) is 4.23. The van der Waals surface area contributed by atoms with Crippen molar-refractivity contribution in [3.8, 4) is 0 Å². The van der Waals surface area contributed by atoms with E-state index in [0.29, 0.717) is 5.82 Å². The normalized spacial score (nSPS) is 17.5. The van der Waals surface area contributed by atoms with Crippen molar-refractivity contribution in [3.63, 3.8) is 0 Å². The fraction of sp³-hybridized carbons (Fsp3) is 0.500. The molecule has 1 aliphatic heterocycles. The first-order valence-corrected chi connectivity index (χ1v) is 7.95. The minimum absolute atomic E-state index is 0.0202. The second-order valence-electron chi connectivity index (χ2n) is 5.90. The van der Waals surface area contributed by atoms with Crippen LogP contribution in [-0.4, -0.2) is 51.2 Å². The van der Waals surface area contributed by atoms with Gasteiger partial charge in [0.2, 0.25) is 0 Å². The van der Waals surface area contributed by atoms with Gasteiger partial charge in [-0.15, -0.1) is 5.10 Å². The maximum atomic E-state index is 12.8. The van der Waals surface area contributed by atoms with E-state index < -0.39 is 0 Å². The molecule has 7 heteroatoms. The van der Waals surface area contributed by atoms with E-state index in [4.69, 9.17) is 0 Å². The van der Waals surface area contributed by atoms with Crippen LogP contribution < -0.4 is 4.90 Å². The smallest absolute Gasteiger partial charge is 0.290 e. The number of hydrogen-bond acceptors (Lipinski definition) is 5. The van der Waals surface area contributed by atoms with Gasteiger partial charge in [-0.3, -0.25) is 4.79 Å². The summed E-state index contributed by atoms with van der Waals surface area (Å²) >= 11 is 0. The molecule has 122 valence electrons. The number of rotatable bonds is 4. The molecule has 0 bridgehead atoms. The first kappa shape index (κ1) is 15.5. The zero-order valence-electron chi connectivity index (χ0n) is 13.8. The molecule has 2 aromatic rings. The topological polar surface area (TPSA) is 67.2 Å². The van der Waals surface area contributed by atoms with Crippen LogP contribution in [0.1, 0.15) is 42.1 Å². The van der Waals surface area contributed by atoms with Gasteiger partial charge in [-0.1, -0.05) is 0 Å². The lowest BCUT2D eigenvalue weighted by Gasteiger charge is -2.24. The van der Waals surface area contributed by atoms with Crippen molar-refractivity contribution in [2.45, 2.75) is 32.4 Å². The van der Waals surface area contributed by atoms with Gasteiger partial charge in [0.05, 0.1) is 11.7 Å². The van der Waals surface area contributed by atoms with Crippen molar-refractivity contribution in [1.82, 2.24) is 24.6 Å². The molecule has 1 amide bonds. The van der Waals surface area contributed by atoms with Crippen LogP contribution in [0.4, 0.5) is 5.82 Å². The van der Waals surface area contributed by atoms with Crippen molar-refractivity contribution in [2.24, 2.45) is 0 Å². The van der Waals surface area contributed by atoms with E-state index >= 15 is 0 Å². The minimum atomic E-state index is -0.0298. The van der Waals surface area contributed by atoms with Gasteiger partial charge in [-0.05, 0) is 31.9 Å². The van der Waals surface area contributed by atoms with Gasteiger partial charge in [0, 0.05) is 39.6 Å². The first-order valence-electron chi connectivity index (χ1n) is 7.95. The molecule has 0 radical (unpaired) electrons. The largest absolute Gasteiger partial charge is 0.361 e. The maximum Gasteiger partial charge on any atom is 0.290 e. The Morgan fingerprint density at radius 1 is 1.35 bits per heavy atom. The van der Waals surface area contributed by atoms with Crippen LogP contribution in [0.2, 0.25) is 0 Å². The van der Waals surface area contributed by atoms with Crippen LogP contribution in [-0.2, 0) is 6.54 Å². The van der Waals surface area contributed by atoms with Gasteiger partial charge in [0.25, 0.3) is 5.91 Å². The maximum absolute atomic E-state index is 12.8. The second kappa shape index (κ2) is 6.36. The summed E-state index contributed by atoms with van der Waals surface area (Å²) in [6.45, 7) is 3.47. The first-order chi connectivity index (χ1) is 11.1. The summed E-state index contributed by atoms with van der Waals surface area (Å²) in [5, 5.41) is 8.56. The van der Waals surface area contributed by atoms with Crippen molar-refractivity contribution in [3.05, 3.63) is 36.0 Å². The van der Waals surface area contributed by atoms with Gasteiger partial charge in [-0.25, -0.2) is 4.98 Å². The molecule has 1 fully saturated rings. The van der Waals surface area contributed by atoms with Crippen LogP contribution >= 0.6 is 0 Å². The Morgan fingerprint density at radius 3 is 2.83 bits per heavy atom. The third kappa shape index (κ3) is 2.91. The van der Waals surface area contributed by atoms with Crippen LogP contribution in [0, 0.1) is 0 Å². The molecular formula is C16H22N6O. The Labute approximate surface area is 135 Å². The standard InChI is InChI=1S/C16H22N6O/c1-4-21-11-9-17-15(21)16(23)22-10-5-6-13(22)12-7-8-14(19-18-12)20(2)3/h7-9,11,13H,4-6,10H2,1-3H3. The molecule has 0 aliphatic carbocycles. The molecule has 3 heterocycles. The number of anilines is 1. The zero-order chi connectivity index (χ0) is 16.4. The Morgan fingerprint density at radius 2 is 2.17 bits per heavy atom. The summed E-state index contributed by atoms with van der Waals surface area (Å²) in [4.78, 5) is 20.8. The number of aromatic nitrogens is 4. The van der Waals surface area contributed by atoms with Gasteiger partial charge in [0.15, 0.2) is 11.6 Å². The summed E-state index contributed by atoms with van der Waals surface area (Å²) in [5.74, 6) is 1.28. The average Bonchev–Trinajstić information content (AvgIpc) is 3.23. The quantitative estimate of drug-likeness (QED) is 0.860. The Hall–Kier alpha value is -2.44. The predicted octanol–water partition coefficient (Wildman–Crippen LogP) is 1.74. The molecule has 0 saturated carbocycles. The minimum Gasteiger partial charge on any atom is -0.361 e. The molecular weight excluding hydrogens is 292 g/mol. The Kier molecular flexibility index (Phi) is 4.27. The van der Waals surface area contributed by atoms with E-state index in [1.54, 1.807) is 6.20 Å². The van der Waals surface area contributed by atoms with Crippen LogP contribution in [0.15, 0.2) is 24.5 Å². The predicted molar refractivity (Wildman–Crippen MR) is 87.3 cm³/mol. The van der Waals surface area contributed by atoms with E-state index in [0.717, 1.165) is 37.4 Å². The molecule has 0 N–H and O–H groups in total. The molecule has 1 aliphatic rings. The highest BCUT2D eigenvalue weighted by Gasteiger charge is 2.33. The van der Waals surface area contributed by atoms with E-state index in [2.05, 4.69) is 15.2 Å². The Balaban J connectivity index is 1.84. The summed E-state index contributed by atoms with van der Waals surface area (Å²) in [7, 11) is 3.86. The van der Waals surface area contributed by atoms with Crippen LogP contribution in [0.3, 0.4) is 0 Å². The van der Waals surface area contributed by atoms with Gasteiger partial charge in [-0.2, -0.15) is 5.10 Å². The monoisotopic (exact) mass is 314 g/mol. The van der Waals surface area contributed by atoms with E-state index in [1.807, 2.05) is 53.7 Å². The molecule has 1 saturated heterocycles. The summed E-state index contributed by atoms with van der Waals surface area (Å²) in [5.41, 5.74) is 0.844. The third-order valence-corrected chi connectivity index (χ3v) is 4.23. The average molecular weight is 314 g/mol. The van der Waals surface area contributed by atoms with E-state index in [1.165, 1.54) is 0 Å². The summed E-state index contributed by atoms with van der Waals surface area (Å²) in [6, 6.07) is 3.88. The number of amides is 1. The molecule has 3 rings (SSSR count). The fourth-order valence-corrected chi connectivity index (χ4v) is 2.96. The molecule has 23 heavy (non-hydrogen) atoms. The molecule has 2 aromatic heterocycles. The Bertz CT molecular complexity index is 678. The van der Waals surface area contributed by atoms with Crippen molar-refractivity contribution in [1.29, 1.82) is 0 Å². The van der Waals surface area contributed by atoms with Crippen LogP contribution in [0.5, 0.6) is 0 Å². The lowest BCUT2D eigenvalue weighted by atomic mass is 10.1. The highest BCUT2D eigenvalue weighted by molar-refractivity contribution is 5.91. The van der Waals surface area contributed by atoms with Crippen molar-refractivity contribution < 1.29 is 4.79 Å². The fourth-order valence-electron chi connectivity index (χ4n) is 2.96. The van der Waals surface area contributed by atoms with Gasteiger partial charge >= 0.3 is 0 Å². The molecule has 7 nitrogen and oxygen atoms in total. The molecule has 0 aromatic carbocycles. The summed E-state index contributed by atoms with van der Waals surface area (Å²) < 4.78 is 1.87. The summed E-state index contributed by atoms with van der Waals surface area (Å²) in [6.07, 6.45) is 5.40. The van der Waals surface area contributed by atoms with Crippen molar-refractivity contribution >= 4 is 11.7 Å². The molecule has 1 atom stereocenters.